The first kappa shape index (κ1) is 21.2. The van der Waals surface area contributed by atoms with Crippen LogP contribution in [0, 0.1) is 0 Å². The number of rotatable bonds is 4. The van der Waals surface area contributed by atoms with Crippen molar-refractivity contribution < 1.29 is 17.9 Å². The number of hydrogen-bond acceptors (Lipinski definition) is 3. The zero-order valence-electron chi connectivity index (χ0n) is 13.7. The van der Waals surface area contributed by atoms with Crippen molar-refractivity contribution in [2.45, 2.75) is 29.9 Å². The Bertz CT molecular complexity index is 738. The van der Waals surface area contributed by atoms with Crippen LogP contribution in [0.2, 0.25) is 5.02 Å². The molecule has 2 aromatic rings. The topological polar surface area (TPSA) is 21.3 Å². The van der Waals surface area contributed by atoms with E-state index in [1.54, 1.807) is 23.9 Å². The molecule has 0 aromatic heterocycles. The lowest BCUT2D eigenvalue weighted by atomic mass is 10.0. The number of alkyl halides is 3. The molecule has 0 saturated heterocycles. The van der Waals surface area contributed by atoms with E-state index in [0.717, 1.165) is 41.4 Å². The van der Waals surface area contributed by atoms with Crippen LogP contribution in [0.4, 0.5) is 13.2 Å². The SMILES string of the molecule is Cl.FC(F)(F)Oc1ccc(CSc2c(Cl)ccc3c2CCNCC3)cc1. The van der Waals surface area contributed by atoms with Crippen LogP contribution in [0.25, 0.3) is 0 Å². The second-order valence-corrected chi connectivity index (χ2v) is 7.14. The van der Waals surface area contributed by atoms with Crippen LogP contribution in [-0.4, -0.2) is 19.5 Å². The Kier molecular flexibility index (Phi) is 7.52. The van der Waals surface area contributed by atoms with Gasteiger partial charge in [0.25, 0.3) is 0 Å². The molecule has 0 atom stereocenters. The van der Waals surface area contributed by atoms with Crippen LogP contribution in [0.3, 0.4) is 0 Å². The first-order valence-electron chi connectivity index (χ1n) is 7.91. The van der Waals surface area contributed by atoms with Gasteiger partial charge in [0.05, 0.1) is 5.02 Å². The molecule has 0 spiro atoms. The monoisotopic (exact) mass is 423 g/mol. The second kappa shape index (κ2) is 9.22. The maximum absolute atomic E-state index is 12.2. The first-order chi connectivity index (χ1) is 11.9. The van der Waals surface area contributed by atoms with Gasteiger partial charge in [-0.3, -0.25) is 0 Å². The van der Waals surface area contributed by atoms with Gasteiger partial charge in [-0.15, -0.1) is 37.3 Å². The third-order valence-electron chi connectivity index (χ3n) is 3.97. The Morgan fingerprint density at radius 3 is 2.42 bits per heavy atom. The quantitative estimate of drug-likeness (QED) is 0.642. The fourth-order valence-corrected chi connectivity index (χ4v) is 4.27. The molecule has 0 unspecified atom stereocenters. The molecule has 1 N–H and O–H groups in total. The van der Waals surface area contributed by atoms with Gasteiger partial charge in [0, 0.05) is 10.6 Å². The van der Waals surface area contributed by atoms with Gasteiger partial charge in [0.1, 0.15) is 5.75 Å². The summed E-state index contributed by atoms with van der Waals surface area (Å²) in [6, 6.07) is 9.96. The summed E-state index contributed by atoms with van der Waals surface area (Å²) in [4.78, 5) is 1.07. The summed E-state index contributed by atoms with van der Waals surface area (Å²) in [6.07, 6.45) is -2.76. The summed E-state index contributed by atoms with van der Waals surface area (Å²) in [7, 11) is 0. The zero-order valence-corrected chi connectivity index (χ0v) is 16.1. The van der Waals surface area contributed by atoms with Gasteiger partial charge in [-0.25, -0.2) is 0 Å². The summed E-state index contributed by atoms with van der Waals surface area (Å²) in [6.45, 7) is 1.88. The smallest absolute Gasteiger partial charge is 0.406 e. The fourth-order valence-electron chi connectivity index (χ4n) is 2.81. The lowest BCUT2D eigenvalue weighted by Gasteiger charge is -2.14. The predicted molar refractivity (Wildman–Crippen MR) is 102 cm³/mol. The van der Waals surface area contributed by atoms with E-state index >= 15 is 0 Å². The van der Waals surface area contributed by atoms with Gasteiger partial charge < -0.3 is 10.1 Å². The minimum Gasteiger partial charge on any atom is -0.406 e. The third kappa shape index (κ3) is 5.71. The summed E-state index contributed by atoms with van der Waals surface area (Å²) < 4.78 is 40.5. The van der Waals surface area contributed by atoms with Gasteiger partial charge in [-0.2, -0.15) is 0 Å². The van der Waals surface area contributed by atoms with Crippen molar-refractivity contribution in [3.05, 3.63) is 58.1 Å². The lowest BCUT2D eigenvalue weighted by Crippen LogP contribution is -2.16. The second-order valence-electron chi connectivity index (χ2n) is 5.74. The van der Waals surface area contributed by atoms with Crippen LogP contribution >= 0.6 is 35.8 Å². The number of thioether (sulfide) groups is 1. The molecule has 0 aliphatic carbocycles. The number of hydrogen-bond donors (Lipinski definition) is 1. The highest BCUT2D eigenvalue weighted by Crippen LogP contribution is 2.36. The van der Waals surface area contributed by atoms with Crippen molar-refractivity contribution in [2.75, 3.05) is 13.1 Å². The average Bonchev–Trinajstić information content (AvgIpc) is 2.79. The van der Waals surface area contributed by atoms with Gasteiger partial charge in [-0.05, 0) is 60.8 Å². The Balaban J connectivity index is 0.00000243. The molecule has 0 bridgehead atoms. The van der Waals surface area contributed by atoms with Gasteiger partial charge in [0.2, 0.25) is 0 Å². The normalized spacial score (nSPS) is 14.2. The highest BCUT2D eigenvalue weighted by molar-refractivity contribution is 7.98. The lowest BCUT2D eigenvalue weighted by molar-refractivity contribution is -0.274. The van der Waals surface area contributed by atoms with Crippen molar-refractivity contribution in [2.24, 2.45) is 0 Å². The number of fused-ring (bicyclic) bond motifs is 1. The Hall–Kier alpha value is -1.08. The summed E-state index contributed by atoms with van der Waals surface area (Å²) in [5, 5.41) is 4.11. The van der Waals surface area contributed by atoms with Crippen LogP contribution in [0.1, 0.15) is 16.7 Å². The number of nitrogens with one attached hydrogen (secondary N) is 1. The Morgan fingerprint density at radius 2 is 1.73 bits per heavy atom. The number of benzene rings is 2. The highest BCUT2D eigenvalue weighted by Gasteiger charge is 2.30. The van der Waals surface area contributed by atoms with E-state index in [-0.39, 0.29) is 18.2 Å². The van der Waals surface area contributed by atoms with Crippen LogP contribution in [0.15, 0.2) is 41.3 Å². The van der Waals surface area contributed by atoms with Gasteiger partial charge in [0.15, 0.2) is 0 Å². The van der Waals surface area contributed by atoms with Crippen molar-refractivity contribution in [1.29, 1.82) is 0 Å². The fraction of sp³-hybridized carbons (Fsp3) is 0.333. The van der Waals surface area contributed by atoms with Crippen molar-refractivity contribution in [3.63, 3.8) is 0 Å². The molecule has 1 heterocycles. The molecule has 2 nitrogen and oxygen atoms in total. The van der Waals surface area contributed by atoms with E-state index < -0.39 is 6.36 Å². The molecular formula is C18H18Cl2F3NOS. The molecule has 3 rings (SSSR count). The molecule has 26 heavy (non-hydrogen) atoms. The molecule has 8 heteroatoms. The maximum atomic E-state index is 12.2. The summed E-state index contributed by atoms with van der Waals surface area (Å²) >= 11 is 8.01. The zero-order chi connectivity index (χ0) is 17.9. The molecule has 0 saturated carbocycles. The first-order valence-corrected chi connectivity index (χ1v) is 9.27. The molecule has 142 valence electrons. The maximum Gasteiger partial charge on any atom is 0.573 e. The average molecular weight is 424 g/mol. The Morgan fingerprint density at radius 1 is 1.04 bits per heavy atom. The molecule has 2 aromatic carbocycles. The van der Waals surface area contributed by atoms with E-state index in [1.807, 2.05) is 6.07 Å². The van der Waals surface area contributed by atoms with Crippen LogP contribution in [-0.2, 0) is 18.6 Å². The minimum absolute atomic E-state index is 0. The molecule has 1 aliphatic rings. The highest BCUT2D eigenvalue weighted by atomic mass is 35.5. The van der Waals surface area contributed by atoms with E-state index in [2.05, 4.69) is 16.1 Å². The molecule has 1 aliphatic heterocycles. The van der Waals surface area contributed by atoms with Crippen molar-refractivity contribution in [1.82, 2.24) is 5.32 Å². The standard InChI is InChI=1S/C18H17ClF3NOS.ClH/c19-16-6-3-13-7-9-23-10-8-15(13)17(16)25-11-12-1-4-14(5-2-12)24-18(20,21)22;/h1-6,23H,7-11H2;1H. The molecule has 0 fully saturated rings. The van der Waals surface area contributed by atoms with Crippen LogP contribution in [0.5, 0.6) is 5.75 Å². The number of halogens is 5. The minimum atomic E-state index is -4.67. The summed E-state index contributed by atoms with van der Waals surface area (Å²) in [5.74, 6) is 0.426. The van der Waals surface area contributed by atoms with E-state index in [4.69, 9.17) is 11.6 Å². The largest absolute Gasteiger partial charge is 0.573 e. The van der Waals surface area contributed by atoms with Crippen molar-refractivity contribution >= 4 is 35.8 Å². The number of ether oxygens (including phenoxy) is 1. The molecule has 0 amide bonds. The van der Waals surface area contributed by atoms with E-state index in [0.29, 0.717) is 5.75 Å². The predicted octanol–water partition coefficient (Wildman–Crippen LogP) is 5.64. The molecular weight excluding hydrogens is 406 g/mol. The third-order valence-corrected chi connectivity index (χ3v) is 5.63. The van der Waals surface area contributed by atoms with Gasteiger partial charge in [-0.1, -0.05) is 29.8 Å². The summed E-state index contributed by atoms with van der Waals surface area (Å²) in [5.41, 5.74) is 3.50. The Labute approximate surface area is 165 Å². The van der Waals surface area contributed by atoms with Crippen molar-refractivity contribution in [3.8, 4) is 5.75 Å². The van der Waals surface area contributed by atoms with E-state index in [1.165, 1.54) is 23.3 Å². The van der Waals surface area contributed by atoms with E-state index in [9.17, 15) is 13.2 Å². The van der Waals surface area contributed by atoms with Gasteiger partial charge >= 0.3 is 6.36 Å². The molecule has 0 radical (unpaired) electrons. The van der Waals surface area contributed by atoms with Crippen LogP contribution < -0.4 is 10.1 Å².